The average molecular weight is 479 g/mol. The van der Waals surface area contributed by atoms with E-state index in [0.29, 0.717) is 5.92 Å². The standard InChI is InChI=1S/C36H46/c1-11-16-19-27(14-4)29-22-23-31(26(7)34(29)25(6)13-3)36(10,15-5)33-21-17-20-32-30(33)24-28(18-12-2)35(32,8)9/h11-12,14,16-23,25H,2,4,13,15,24H2,1,3,5-10H3/b16-11-,27-19+,28-18+. The van der Waals surface area contributed by atoms with Crippen LogP contribution in [-0.2, 0) is 17.3 Å². The van der Waals surface area contributed by atoms with Gasteiger partial charge in [-0.15, -0.1) is 0 Å². The molecule has 2 aromatic rings. The molecule has 1 aliphatic carbocycles. The van der Waals surface area contributed by atoms with Crippen molar-refractivity contribution in [1.82, 2.24) is 0 Å². The highest BCUT2D eigenvalue weighted by Crippen LogP contribution is 2.49. The Morgan fingerprint density at radius 3 is 2.42 bits per heavy atom. The maximum Gasteiger partial charge on any atom is 0.0177 e. The van der Waals surface area contributed by atoms with E-state index < -0.39 is 0 Å². The van der Waals surface area contributed by atoms with Crippen molar-refractivity contribution >= 4 is 5.57 Å². The fourth-order valence-electron chi connectivity index (χ4n) is 6.28. The first-order valence-electron chi connectivity index (χ1n) is 13.7. The Hall–Kier alpha value is -2.86. The van der Waals surface area contributed by atoms with E-state index in [0.717, 1.165) is 19.3 Å². The fourth-order valence-corrected chi connectivity index (χ4v) is 6.28. The molecule has 36 heavy (non-hydrogen) atoms. The summed E-state index contributed by atoms with van der Waals surface area (Å²) >= 11 is 0. The summed E-state index contributed by atoms with van der Waals surface area (Å²) in [6, 6.07) is 11.7. The van der Waals surface area contributed by atoms with Gasteiger partial charge in [0.25, 0.3) is 0 Å². The second-order valence-corrected chi connectivity index (χ2v) is 11.1. The molecule has 0 spiro atoms. The Balaban J connectivity index is 2.31. The Morgan fingerprint density at radius 1 is 1.11 bits per heavy atom. The summed E-state index contributed by atoms with van der Waals surface area (Å²) in [5.74, 6) is 0.470. The lowest BCUT2D eigenvalue weighted by molar-refractivity contribution is 0.539. The molecule has 0 radical (unpaired) electrons. The average Bonchev–Trinajstić information content (AvgIpc) is 3.13. The first-order valence-corrected chi connectivity index (χ1v) is 13.7. The van der Waals surface area contributed by atoms with Gasteiger partial charge in [0.05, 0.1) is 0 Å². The third-order valence-electron chi connectivity index (χ3n) is 8.85. The molecule has 2 aromatic carbocycles. The molecular weight excluding hydrogens is 432 g/mol. The molecule has 2 unspecified atom stereocenters. The second-order valence-electron chi connectivity index (χ2n) is 11.1. The molecule has 0 aliphatic heterocycles. The van der Waals surface area contributed by atoms with Crippen LogP contribution in [0, 0.1) is 6.92 Å². The van der Waals surface area contributed by atoms with E-state index >= 15 is 0 Å². The van der Waals surface area contributed by atoms with E-state index in [1.807, 2.05) is 12.2 Å². The van der Waals surface area contributed by atoms with E-state index in [2.05, 4.69) is 123 Å². The molecule has 0 bridgehead atoms. The lowest BCUT2D eigenvalue weighted by Crippen LogP contribution is -2.27. The largest absolute Gasteiger partial charge is 0.0991 e. The van der Waals surface area contributed by atoms with Crippen LogP contribution in [0.15, 0.2) is 85.5 Å². The van der Waals surface area contributed by atoms with Gasteiger partial charge in [-0.1, -0.05) is 127 Å². The molecule has 0 fully saturated rings. The van der Waals surface area contributed by atoms with Gasteiger partial charge in [0, 0.05) is 10.8 Å². The van der Waals surface area contributed by atoms with E-state index in [1.54, 1.807) is 0 Å². The minimum absolute atomic E-state index is 0.0332. The van der Waals surface area contributed by atoms with E-state index in [-0.39, 0.29) is 10.8 Å². The number of hydrogen-bond donors (Lipinski definition) is 0. The summed E-state index contributed by atoms with van der Waals surface area (Å²) in [5, 5.41) is 0. The van der Waals surface area contributed by atoms with Crippen molar-refractivity contribution in [3.63, 3.8) is 0 Å². The molecule has 190 valence electrons. The van der Waals surface area contributed by atoms with Gasteiger partial charge in [-0.2, -0.15) is 0 Å². The highest BCUT2D eigenvalue weighted by Gasteiger charge is 2.40. The zero-order valence-electron chi connectivity index (χ0n) is 24.0. The zero-order valence-corrected chi connectivity index (χ0v) is 24.0. The quantitative estimate of drug-likeness (QED) is 0.314. The molecule has 0 heteroatoms. The fraction of sp³-hybridized carbons (Fsp3) is 0.389. The van der Waals surface area contributed by atoms with Crippen molar-refractivity contribution in [1.29, 1.82) is 0 Å². The van der Waals surface area contributed by atoms with Crippen molar-refractivity contribution in [2.45, 2.75) is 91.4 Å². The minimum Gasteiger partial charge on any atom is -0.0991 e. The van der Waals surface area contributed by atoms with Gasteiger partial charge in [0.15, 0.2) is 0 Å². The van der Waals surface area contributed by atoms with Crippen LogP contribution < -0.4 is 0 Å². The number of allylic oxidation sites excluding steroid dienone is 8. The SMILES string of the molecule is C=C/C=C1\Cc2c(cccc2C(C)(CC)c2ccc(/C(C=C)=C/C=C\C)c(C(C)CC)c2C)C1(C)C. The van der Waals surface area contributed by atoms with Crippen LogP contribution in [0.25, 0.3) is 5.57 Å². The second kappa shape index (κ2) is 11.0. The molecule has 0 heterocycles. The topological polar surface area (TPSA) is 0 Å². The predicted octanol–water partition coefficient (Wildman–Crippen LogP) is 10.3. The Morgan fingerprint density at radius 2 is 1.83 bits per heavy atom. The molecule has 3 rings (SSSR count). The van der Waals surface area contributed by atoms with Crippen molar-refractivity contribution in [2.24, 2.45) is 0 Å². The van der Waals surface area contributed by atoms with Gasteiger partial charge in [0.2, 0.25) is 0 Å². The van der Waals surface area contributed by atoms with Crippen LogP contribution >= 0.6 is 0 Å². The molecule has 0 saturated heterocycles. The van der Waals surface area contributed by atoms with E-state index in [4.69, 9.17) is 0 Å². The third-order valence-corrected chi connectivity index (χ3v) is 8.85. The van der Waals surface area contributed by atoms with Crippen LogP contribution in [0.4, 0.5) is 0 Å². The van der Waals surface area contributed by atoms with Crippen LogP contribution in [0.1, 0.15) is 106 Å². The Bertz CT molecular complexity index is 1230. The number of benzene rings is 2. The van der Waals surface area contributed by atoms with Crippen molar-refractivity contribution in [2.75, 3.05) is 0 Å². The summed E-state index contributed by atoms with van der Waals surface area (Å²) in [4.78, 5) is 0. The van der Waals surface area contributed by atoms with Crippen LogP contribution in [0.5, 0.6) is 0 Å². The van der Waals surface area contributed by atoms with Gasteiger partial charge in [-0.25, -0.2) is 0 Å². The summed E-state index contributed by atoms with van der Waals surface area (Å²) in [6.45, 7) is 26.7. The normalized spacial score (nSPS) is 18.8. The van der Waals surface area contributed by atoms with Gasteiger partial charge >= 0.3 is 0 Å². The van der Waals surface area contributed by atoms with Crippen molar-refractivity contribution in [3.05, 3.63) is 124 Å². The molecule has 0 amide bonds. The molecular formula is C36H46. The Kier molecular flexibility index (Phi) is 8.50. The monoisotopic (exact) mass is 478 g/mol. The van der Waals surface area contributed by atoms with Gasteiger partial charge < -0.3 is 0 Å². The summed E-state index contributed by atoms with van der Waals surface area (Å²) in [6.07, 6.45) is 15.7. The zero-order chi connectivity index (χ0) is 26.7. The number of fused-ring (bicyclic) bond motifs is 1. The van der Waals surface area contributed by atoms with Gasteiger partial charge in [-0.3, -0.25) is 0 Å². The number of hydrogen-bond acceptors (Lipinski definition) is 0. The molecule has 0 nitrogen and oxygen atoms in total. The Labute approximate surface area is 221 Å². The van der Waals surface area contributed by atoms with Crippen LogP contribution in [0.2, 0.25) is 0 Å². The maximum atomic E-state index is 4.14. The highest BCUT2D eigenvalue weighted by atomic mass is 14.4. The van der Waals surface area contributed by atoms with Crippen LogP contribution in [-0.4, -0.2) is 0 Å². The lowest BCUT2D eigenvalue weighted by atomic mass is 9.68. The van der Waals surface area contributed by atoms with Crippen molar-refractivity contribution < 1.29 is 0 Å². The van der Waals surface area contributed by atoms with E-state index in [9.17, 15) is 0 Å². The molecule has 2 atom stereocenters. The summed E-state index contributed by atoms with van der Waals surface area (Å²) in [5.41, 5.74) is 12.7. The minimum atomic E-state index is -0.0722. The molecule has 0 N–H and O–H groups in total. The highest BCUT2D eigenvalue weighted by molar-refractivity contribution is 5.78. The summed E-state index contributed by atoms with van der Waals surface area (Å²) < 4.78 is 0. The molecule has 1 aliphatic rings. The third kappa shape index (κ3) is 4.63. The van der Waals surface area contributed by atoms with Gasteiger partial charge in [0.1, 0.15) is 0 Å². The molecule has 0 aromatic heterocycles. The number of rotatable bonds is 9. The van der Waals surface area contributed by atoms with Crippen LogP contribution in [0.3, 0.4) is 0 Å². The maximum absolute atomic E-state index is 4.14. The smallest absolute Gasteiger partial charge is 0.0177 e. The first-order chi connectivity index (χ1) is 17.1. The van der Waals surface area contributed by atoms with E-state index in [1.165, 1.54) is 50.1 Å². The molecule has 0 saturated carbocycles. The lowest BCUT2D eigenvalue weighted by Gasteiger charge is -2.35. The van der Waals surface area contributed by atoms with Crippen molar-refractivity contribution in [3.8, 4) is 0 Å². The predicted molar refractivity (Wildman–Crippen MR) is 161 cm³/mol. The summed E-state index contributed by atoms with van der Waals surface area (Å²) in [7, 11) is 0. The van der Waals surface area contributed by atoms with Gasteiger partial charge in [-0.05, 0) is 83.5 Å². The first kappa shape index (κ1) is 27.7.